The Morgan fingerprint density at radius 1 is 1.33 bits per heavy atom. The van der Waals surface area contributed by atoms with Crippen LogP contribution in [0.15, 0.2) is 18.2 Å². The predicted molar refractivity (Wildman–Crippen MR) is 85.3 cm³/mol. The van der Waals surface area contributed by atoms with E-state index in [-0.39, 0.29) is 11.2 Å². The number of benzene rings is 1. The Balaban J connectivity index is 2.12. The summed E-state index contributed by atoms with van der Waals surface area (Å²) in [6.45, 7) is 7.74. The van der Waals surface area contributed by atoms with E-state index >= 15 is 0 Å². The maximum absolute atomic E-state index is 14.1. The molecule has 0 amide bonds. The lowest BCUT2D eigenvalue weighted by atomic mass is 9.75. The van der Waals surface area contributed by atoms with Gasteiger partial charge in [-0.2, -0.15) is 0 Å². The molecule has 0 unspecified atom stereocenters. The lowest BCUT2D eigenvalue weighted by Crippen LogP contribution is -2.42. The van der Waals surface area contributed by atoms with E-state index in [1.165, 1.54) is 6.07 Å². The monoisotopic (exact) mass is 313 g/mol. The Kier molecular flexibility index (Phi) is 6.03. The molecule has 2 rings (SSSR count). The number of rotatable bonds is 6. The molecule has 0 aliphatic carbocycles. The van der Waals surface area contributed by atoms with Gasteiger partial charge in [0.1, 0.15) is 5.82 Å². The van der Waals surface area contributed by atoms with Gasteiger partial charge in [-0.25, -0.2) is 4.39 Å². The third-order valence-electron chi connectivity index (χ3n) is 4.22. The minimum absolute atomic E-state index is 0.0406. The van der Waals surface area contributed by atoms with Crippen LogP contribution in [0.1, 0.15) is 32.3 Å². The summed E-state index contributed by atoms with van der Waals surface area (Å²) in [5.74, 6) is 0.413. The molecule has 0 spiro atoms. The highest BCUT2D eigenvalue weighted by molar-refractivity contribution is 6.31. The molecule has 21 heavy (non-hydrogen) atoms. The van der Waals surface area contributed by atoms with E-state index in [1.807, 2.05) is 0 Å². The molecule has 0 atom stereocenters. The van der Waals surface area contributed by atoms with Gasteiger partial charge in [-0.3, -0.25) is 0 Å². The van der Waals surface area contributed by atoms with Crippen molar-refractivity contribution in [2.75, 3.05) is 26.3 Å². The van der Waals surface area contributed by atoms with Gasteiger partial charge in [0.2, 0.25) is 0 Å². The highest BCUT2D eigenvalue weighted by atomic mass is 35.5. The van der Waals surface area contributed by atoms with E-state index in [9.17, 15) is 4.39 Å². The van der Waals surface area contributed by atoms with Crippen molar-refractivity contribution >= 4 is 11.6 Å². The third kappa shape index (κ3) is 4.67. The van der Waals surface area contributed by atoms with Crippen LogP contribution in [-0.4, -0.2) is 26.3 Å². The molecule has 118 valence electrons. The van der Waals surface area contributed by atoms with Crippen LogP contribution < -0.4 is 5.32 Å². The number of nitrogens with one attached hydrogen (secondary N) is 1. The van der Waals surface area contributed by atoms with Crippen molar-refractivity contribution in [2.45, 2.75) is 33.1 Å². The summed E-state index contributed by atoms with van der Waals surface area (Å²) in [5.41, 5.74) is 0.686. The molecule has 1 N–H and O–H groups in total. The highest BCUT2D eigenvalue weighted by Gasteiger charge is 2.34. The van der Waals surface area contributed by atoms with Crippen molar-refractivity contribution in [3.8, 4) is 0 Å². The van der Waals surface area contributed by atoms with E-state index in [0.717, 1.165) is 39.1 Å². The first kappa shape index (κ1) is 16.7. The van der Waals surface area contributed by atoms with Crippen molar-refractivity contribution in [1.29, 1.82) is 0 Å². The SMILES string of the molecule is CC(C)CNCC1(Cc2c(F)cccc2Cl)CCOCC1. The van der Waals surface area contributed by atoms with Crippen molar-refractivity contribution in [2.24, 2.45) is 11.3 Å². The predicted octanol–water partition coefficient (Wildman–Crippen LogP) is 4.06. The molecule has 1 aromatic rings. The van der Waals surface area contributed by atoms with Gasteiger partial charge in [0.25, 0.3) is 0 Å². The molecule has 2 nitrogen and oxygen atoms in total. The van der Waals surface area contributed by atoms with Gasteiger partial charge < -0.3 is 10.1 Å². The average molecular weight is 314 g/mol. The summed E-state index contributed by atoms with van der Waals surface area (Å²) in [4.78, 5) is 0. The van der Waals surface area contributed by atoms with Crippen molar-refractivity contribution in [3.05, 3.63) is 34.6 Å². The zero-order valence-corrected chi connectivity index (χ0v) is 13.7. The third-order valence-corrected chi connectivity index (χ3v) is 4.57. The minimum Gasteiger partial charge on any atom is -0.381 e. The van der Waals surface area contributed by atoms with E-state index in [0.29, 0.717) is 22.9 Å². The summed E-state index contributed by atoms with van der Waals surface area (Å²) in [7, 11) is 0. The van der Waals surface area contributed by atoms with Crippen molar-refractivity contribution in [1.82, 2.24) is 5.32 Å². The van der Waals surface area contributed by atoms with Crippen LogP contribution in [0.25, 0.3) is 0 Å². The lowest BCUT2D eigenvalue weighted by molar-refractivity contribution is 0.0143. The van der Waals surface area contributed by atoms with E-state index in [2.05, 4.69) is 19.2 Å². The van der Waals surface area contributed by atoms with Crippen molar-refractivity contribution < 1.29 is 9.13 Å². The first-order valence-corrected chi connectivity index (χ1v) is 8.12. The number of hydrogen-bond acceptors (Lipinski definition) is 2. The smallest absolute Gasteiger partial charge is 0.127 e. The second-order valence-electron chi connectivity index (χ2n) is 6.51. The Morgan fingerprint density at radius 2 is 2.05 bits per heavy atom. The molecule has 4 heteroatoms. The summed E-state index contributed by atoms with van der Waals surface area (Å²) in [6.07, 6.45) is 2.57. The van der Waals surface area contributed by atoms with Crippen LogP contribution in [0.5, 0.6) is 0 Å². The van der Waals surface area contributed by atoms with Crippen LogP contribution in [0.3, 0.4) is 0 Å². The van der Waals surface area contributed by atoms with Gasteiger partial charge in [-0.05, 0) is 49.3 Å². The standard InChI is InChI=1S/C17H25ClFNO/c1-13(2)11-20-12-17(6-8-21-9-7-17)10-14-15(18)4-3-5-16(14)19/h3-5,13,20H,6-12H2,1-2H3. The van der Waals surface area contributed by atoms with Crippen LogP contribution >= 0.6 is 11.6 Å². The first-order valence-electron chi connectivity index (χ1n) is 7.74. The molecule has 0 aromatic heterocycles. The van der Waals surface area contributed by atoms with E-state index < -0.39 is 0 Å². The molecule has 1 aromatic carbocycles. The maximum Gasteiger partial charge on any atom is 0.127 e. The fourth-order valence-corrected chi connectivity index (χ4v) is 3.15. The second kappa shape index (κ2) is 7.57. The molecule has 1 aliphatic heterocycles. The zero-order chi connectivity index (χ0) is 15.3. The number of ether oxygens (including phenoxy) is 1. The fraction of sp³-hybridized carbons (Fsp3) is 0.647. The van der Waals surface area contributed by atoms with Gasteiger partial charge in [0, 0.05) is 30.3 Å². The molecular weight excluding hydrogens is 289 g/mol. The Labute approximate surface area is 132 Å². The lowest BCUT2D eigenvalue weighted by Gasteiger charge is -2.38. The molecular formula is C17H25ClFNO. The van der Waals surface area contributed by atoms with Gasteiger partial charge >= 0.3 is 0 Å². The van der Waals surface area contributed by atoms with Crippen LogP contribution in [-0.2, 0) is 11.2 Å². The molecule has 0 bridgehead atoms. The minimum atomic E-state index is -0.197. The molecule has 1 aliphatic rings. The zero-order valence-electron chi connectivity index (χ0n) is 12.9. The van der Waals surface area contributed by atoms with Crippen LogP contribution in [0.4, 0.5) is 4.39 Å². The summed E-state index contributed by atoms with van der Waals surface area (Å²) < 4.78 is 19.6. The fourth-order valence-electron chi connectivity index (χ4n) is 2.92. The molecule has 1 saturated heterocycles. The highest BCUT2D eigenvalue weighted by Crippen LogP contribution is 2.36. The summed E-state index contributed by atoms with van der Waals surface area (Å²) in [5, 5.41) is 4.07. The second-order valence-corrected chi connectivity index (χ2v) is 6.92. The Hall–Kier alpha value is -0.640. The quantitative estimate of drug-likeness (QED) is 0.855. The summed E-state index contributed by atoms with van der Waals surface area (Å²) in [6, 6.07) is 4.93. The van der Waals surface area contributed by atoms with E-state index in [1.54, 1.807) is 12.1 Å². The first-order chi connectivity index (χ1) is 10.0. The number of halogens is 2. The molecule has 0 saturated carbocycles. The van der Waals surface area contributed by atoms with Gasteiger partial charge in [-0.15, -0.1) is 0 Å². The molecule has 0 radical (unpaired) electrons. The largest absolute Gasteiger partial charge is 0.381 e. The Morgan fingerprint density at radius 3 is 2.67 bits per heavy atom. The Bertz CT molecular complexity index is 438. The van der Waals surface area contributed by atoms with Crippen LogP contribution in [0, 0.1) is 17.2 Å². The van der Waals surface area contributed by atoms with E-state index in [4.69, 9.17) is 16.3 Å². The average Bonchev–Trinajstić information content (AvgIpc) is 2.44. The molecule has 1 fully saturated rings. The van der Waals surface area contributed by atoms with Gasteiger partial charge in [0.05, 0.1) is 0 Å². The van der Waals surface area contributed by atoms with Gasteiger partial charge in [0.15, 0.2) is 0 Å². The summed E-state index contributed by atoms with van der Waals surface area (Å²) >= 11 is 6.20. The normalized spacial score (nSPS) is 18.1. The van der Waals surface area contributed by atoms with Gasteiger partial charge in [-0.1, -0.05) is 31.5 Å². The van der Waals surface area contributed by atoms with Crippen LogP contribution in [0.2, 0.25) is 5.02 Å². The topological polar surface area (TPSA) is 21.3 Å². The van der Waals surface area contributed by atoms with Crippen molar-refractivity contribution in [3.63, 3.8) is 0 Å². The number of hydrogen-bond donors (Lipinski definition) is 1. The molecule has 1 heterocycles. The maximum atomic E-state index is 14.1.